The van der Waals surface area contributed by atoms with Crippen molar-refractivity contribution >= 4 is 21.6 Å². The Morgan fingerprint density at radius 1 is 1.37 bits per heavy atom. The molecule has 1 aromatic rings. The van der Waals surface area contributed by atoms with Gasteiger partial charge in [-0.25, -0.2) is 13.1 Å². The molecule has 1 atom stereocenters. The van der Waals surface area contributed by atoms with E-state index in [4.69, 9.17) is 11.6 Å². The van der Waals surface area contributed by atoms with E-state index in [1.54, 1.807) is 19.1 Å². The molecule has 108 valence electrons. The van der Waals surface area contributed by atoms with E-state index in [1.165, 1.54) is 6.07 Å². The smallest absolute Gasteiger partial charge is 0.240 e. The molecule has 0 heterocycles. The summed E-state index contributed by atoms with van der Waals surface area (Å²) in [6.45, 7) is 5.60. The molecular weight excluding hydrogens is 286 g/mol. The van der Waals surface area contributed by atoms with Gasteiger partial charge in [0.25, 0.3) is 0 Å². The molecule has 0 aliphatic heterocycles. The Morgan fingerprint density at radius 3 is 2.58 bits per heavy atom. The molecule has 1 rings (SSSR count). The van der Waals surface area contributed by atoms with Crippen LogP contribution in [0.5, 0.6) is 0 Å². The van der Waals surface area contributed by atoms with E-state index in [0.29, 0.717) is 22.9 Å². The molecule has 0 aromatic heterocycles. The maximum absolute atomic E-state index is 12.1. The third kappa shape index (κ3) is 4.76. The fraction of sp³-hybridized carbons (Fsp3) is 0.538. The van der Waals surface area contributed by atoms with Crippen molar-refractivity contribution in [2.75, 3.05) is 6.54 Å². The number of benzene rings is 1. The first-order chi connectivity index (χ1) is 8.74. The van der Waals surface area contributed by atoms with Gasteiger partial charge in [0.05, 0.1) is 11.0 Å². The second-order valence-corrected chi connectivity index (χ2v) is 7.14. The number of aliphatic hydroxyl groups is 1. The third-order valence-electron chi connectivity index (χ3n) is 2.76. The van der Waals surface area contributed by atoms with E-state index < -0.39 is 16.1 Å². The molecule has 0 radical (unpaired) electrons. The standard InChI is InChI=1S/C13H20ClNO3S/c1-9(2)7-11(16)8-15-19(17,18)13-6-4-5-12(14)10(13)3/h4-6,9,11,15-16H,7-8H2,1-3H3. The van der Waals surface area contributed by atoms with Crippen molar-refractivity contribution in [3.63, 3.8) is 0 Å². The Labute approximate surface area is 119 Å². The molecule has 0 bridgehead atoms. The van der Waals surface area contributed by atoms with Gasteiger partial charge in [0.15, 0.2) is 0 Å². The van der Waals surface area contributed by atoms with Crippen molar-refractivity contribution < 1.29 is 13.5 Å². The molecular formula is C13H20ClNO3S. The van der Waals surface area contributed by atoms with Crippen LogP contribution in [0.1, 0.15) is 25.8 Å². The highest BCUT2D eigenvalue weighted by Gasteiger charge is 2.19. The van der Waals surface area contributed by atoms with Gasteiger partial charge in [0.1, 0.15) is 0 Å². The average Bonchev–Trinajstić information content (AvgIpc) is 2.29. The lowest BCUT2D eigenvalue weighted by Gasteiger charge is -2.15. The van der Waals surface area contributed by atoms with Crippen molar-refractivity contribution in [3.8, 4) is 0 Å². The van der Waals surface area contributed by atoms with Gasteiger partial charge in [-0.1, -0.05) is 31.5 Å². The van der Waals surface area contributed by atoms with Gasteiger partial charge in [-0.2, -0.15) is 0 Å². The Balaban J connectivity index is 2.79. The molecule has 0 saturated carbocycles. The molecule has 1 aromatic carbocycles. The van der Waals surface area contributed by atoms with E-state index >= 15 is 0 Å². The van der Waals surface area contributed by atoms with Crippen LogP contribution in [-0.2, 0) is 10.0 Å². The highest BCUT2D eigenvalue weighted by atomic mass is 35.5. The van der Waals surface area contributed by atoms with Crippen LogP contribution in [0.4, 0.5) is 0 Å². The Bertz CT molecular complexity index is 529. The minimum Gasteiger partial charge on any atom is -0.392 e. The zero-order valence-corrected chi connectivity index (χ0v) is 12.9. The Kier molecular flexibility index (Phi) is 5.80. The van der Waals surface area contributed by atoms with Crippen molar-refractivity contribution in [2.24, 2.45) is 5.92 Å². The summed E-state index contributed by atoms with van der Waals surface area (Å²) in [6.07, 6.45) is -0.133. The summed E-state index contributed by atoms with van der Waals surface area (Å²) in [7, 11) is -3.64. The molecule has 4 nitrogen and oxygen atoms in total. The quantitative estimate of drug-likeness (QED) is 0.847. The molecule has 0 aliphatic carbocycles. The Hall–Kier alpha value is -0.620. The zero-order chi connectivity index (χ0) is 14.6. The normalized spacial score (nSPS) is 13.8. The lowest BCUT2D eigenvalue weighted by atomic mass is 10.1. The van der Waals surface area contributed by atoms with Gasteiger partial charge in [0.2, 0.25) is 10.0 Å². The summed E-state index contributed by atoms with van der Waals surface area (Å²) >= 11 is 5.91. The Morgan fingerprint density at radius 2 is 2.00 bits per heavy atom. The van der Waals surface area contributed by atoms with Gasteiger partial charge < -0.3 is 5.11 Å². The summed E-state index contributed by atoms with van der Waals surface area (Å²) in [5.41, 5.74) is 0.509. The van der Waals surface area contributed by atoms with Crippen LogP contribution in [0, 0.1) is 12.8 Å². The van der Waals surface area contributed by atoms with Gasteiger partial charge in [-0.05, 0) is 37.0 Å². The van der Waals surface area contributed by atoms with Crippen molar-refractivity contribution in [2.45, 2.75) is 38.2 Å². The molecule has 6 heteroatoms. The number of rotatable bonds is 6. The molecule has 0 aliphatic rings. The zero-order valence-electron chi connectivity index (χ0n) is 11.4. The van der Waals surface area contributed by atoms with Crippen LogP contribution in [0.15, 0.2) is 23.1 Å². The SMILES string of the molecule is Cc1c(Cl)cccc1S(=O)(=O)NCC(O)CC(C)C. The first-order valence-corrected chi connectivity index (χ1v) is 8.03. The van der Waals surface area contributed by atoms with Crippen LogP contribution < -0.4 is 4.72 Å². The second kappa shape index (κ2) is 6.70. The van der Waals surface area contributed by atoms with Crippen LogP contribution in [-0.4, -0.2) is 26.2 Å². The molecule has 0 spiro atoms. The van der Waals surface area contributed by atoms with Crippen molar-refractivity contribution in [3.05, 3.63) is 28.8 Å². The van der Waals surface area contributed by atoms with Crippen LogP contribution in [0.2, 0.25) is 5.02 Å². The molecule has 0 amide bonds. The first kappa shape index (κ1) is 16.4. The highest BCUT2D eigenvalue weighted by Crippen LogP contribution is 2.22. The summed E-state index contributed by atoms with van der Waals surface area (Å²) in [5, 5.41) is 10.1. The highest BCUT2D eigenvalue weighted by molar-refractivity contribution is 7.89. The largest absolute Gasteiger partial charge is 0.392 e. The topological polar surface area (TPSA) is 66.4 Å². The minimum atomic E-state index is -3.64. The monoisotopic (exact) mass is 305 g/mol. The summed E-state index contributed by atoms with van der Waals surface area (Å²) in [5.74, 6) is 0.312. The van der Waals surface area contributed by atoms with Crippen molar-refractivity contribution in [1.29, 1.82) is 0 Å². The maximum atomic E-state index is 12.1. The molecule has 0 fully saturated rings. The average molecular weight is 306 g/mol. The van der Waals surface area contributed by atoms with Crippen LogP contribution >= 0.6 is 11.6 Å². The van der Waals surface area contributed by atoms with Crippen LogP contribution in [0.3, 0.4) is 0 Å². The predicted molar refractivity (Wildman–Crippen MR) is 76.8 cm³/mol. The molecule has 2 N–H and O–H groups in total. The fourth-order valence-corrected chi connectivity index (χ4v) is 3.36. The summed E-state index contributed by atoms with van der Waals surface area (Å²) < 4.78 is 26.6. The second-order valence-electron chi connectivity index (χ2n) is 5.00. The summed E-state index contributed by atoms with van der Waals surface area (Å²) in [4.78, 5) is 0.150. The third-order valence-corrected chi connectivity index (χ3v) is 4.74. The van der Waals surface area contributed by atoms with Gasteiger partial charge in [0, 0.05) is 11.6 Å². The number of halogens is 1. The van der Waals surface area contributed by atoms with Gasteiger partial charge >= 0.3 is 0 Å². The number of nitrogens with one attached hydrogen (secondary N) is 1. The van der Waals surface area contributed by atoms with E-state index in [0.717, 1.165) is 0 Å². The lowest BCUT2D eigenvalue weighted by Crippen LogP contribution is -2.33. The van der Waals surface area contributed by atoms with E-state index in [1.807, 2.05) is 13.8 Å². The minimum absolute atomic E-state index is 0.00642. The predicted octanol–water partition coefficient (Wildman–Crippen LogP) is 2.33. The number of aliphatic hydroxyl groups excluding tert-OH is 1. The first-order valence-electron chi connectivity index (χ1n) is 6.17. The number of hydrogen-bond donors (Lipinski definition) is 2. The summed E-state index contributed by atoms with van der Waals surface area (Å²) in [6, 6.07) is 4.73. The van der Waals surface area contributed by atoms with Gasteiger partial charge in [-0.15, -0.1) is 0 Å². The molecule has 19 heavy (non-hydrogen) atoms. The fourth-order valence-electron chi connectivity index (χ4n) is 1.79. The number of sulfonamides is 1. The van der Waals surface area contributed by atoms with E-state index in [9.17, 15) is 13.5 Å². The lowest BCUT2D eigenvalue weighted by molar-refractivity contribution is 0.152. The van der Waals surface area contributed by atoms with Gasteiger partial charge in [-0.3, -0.25) is 0 Å². The van der Waals surface area contributed by atoms with Crippen LogP contribution in [0.25, 0.3) is 0 Å². The van der Waals surface area contributed by atoms with Crippen molar-refractivity contribution in [1.82, 2.24) is 4.72 Å². The maximum Gasteiger partial charge on any atom is 0.240 e. The number of hydrogen-bond acceptors (Lipinski definition) is 3. The van der Waals surface area contributed by atoms with E-state index in [-0.39, 0.29) is 11.4 Å². The van der Waals surface area contributed by atoms with E-state index in [2.05, 4.69) is 4.72 Å². The molecule has 0 saturated heterocycles. The molecule has 1 unspecified atom stereocenters.